The van der Waals surface area contributed by atoms with Gasteiger partial charge >= 0.3 is 0 Å². The molecule has 0 aliphatic heterocycles. The number of imidazole rings is 1. The number of hydrogen-bond acceptors (Lipinski definition) is 2. The predicted molar refractivity (Wildman–Crippen MR) is 74.2 cm³/mol. The van der Waals surface area contributed by atoms with E-state index in [0.29, 0.717) is 17.7 Å². The molecule has 19 heavy (non-hydrogen) atoms. The van der Waals surface area contributed by atoms with Crippen molar-refractivity contribution in [1.29, 1.82) is 0 Å². The van der Waals surface area contributed by atoms with Gasteiger partial charge in [0, 0.05) is 25.0 Å². The molecule has 1 saturated carbocycles. The number of nitrogens with zero attached hydrogens (tertiary/aromatic N) is 3. The number of pyridine rings is 1. The number of aryl methyl sites for hydroxylation is 1. The van der Waals surface area contributed by atoms with E-state index in [-0.39, 0.29) is 5.91 Å². The SMILES string of the molecule is Cc1cccc2nc(C(=O)N(C)C(C)C3CC3)cn12. The summed E-state index contributed by atoms with van der Waals surface area (Å²) in [6.07, 6.45) is 4.31. The number of carbonyl (C=O) groups is 1. The summed E-state index contributed by atoms with van der Waals surface area (Å²) in [6, 6.07) is 6.20. The molecule has 2 aromatic rings. The highest BCUT2D eigenvalue weighted by Crippen LogP contribution is 2.35. The van der Waals surface area contributed by atoms with Gasteiger partial charge in [0.15, 0.2) is 0 Å². The second kappa shape index (κ2) is 4.37. The van der Waals surface area contributed by atoms with Crippen LogP contribution in [0.2, 0.25) is 0 Å². The fourth-order valence-corrected chi connectivity index (χ4v) is 2.51. The highest BCUT2D eigenvalue weighted by atomic mass is 16.2. The minimum atomic E-state index is 0.0162. The maximum Gasteiger partial charge on any atom is 0.274 e. The first kappa shape index (κ1) is 12.2. The van der Waals surface area contributed by atoms with Crippen LogP contribution < -0.4 is 0 Å². The zero-order valence-corrected chi connectivity index (χ0v) is 11.6. The molecular formula is C15H19N3O. The molecule has 0 radical (unpaired) electrons. The largest absolute Gasteiger partial charge is 0.337 e. The molecule has 3 rings (SSSR count). The van der Waals surface area contributed by atoms with Crippen LogP contribution in [0.3, 0.4) is 0 Å². The molecule has 0 aromatic carbocycles. The Morgan fingerprint density at radius 3 is 2.84 bits per heavy atom. The van der Waals surface area contributed by atoms with E-state index in [1.165, 1.54) is 12.8 Å². The van der Waals surface area contributed by atoms with Crippen molar-refractivity contribution >= 4 is 11.6 Å². The molecule has 4 heteroatoms. The standard InChI is InChI=1S/C15H19N3O/c1-10-5-4-6-14-16-13(9-18(10)14)15(19)17(3)11(2)12-7-8-12/h4-6,9,11-12H,7-8H2,1-3H3. The van der Waals surface area contributed by atoms with Crippen molar-refractivity contribution in [3.63, 3.8) is 0 Å². The molecule has 0 saturated heterocycles. The maximum absolute atomic E-state index is 12.4. The van der Waals surface area contributed by atoms with E-state index in [4.69, 9.17) is 0 Å². The van der Waals surface area contributed by atoms with Gasteiger partial charge in [0.05, 0.1) is 0 Å². The monoisotopic (exact) mass is 257 g/mol. The Balaban J connectivity index is 1.90. The lowest BCUT2D eigenvalue weighted by Crippen LogP contribution is -2.36. The van der Waals surface area contributed by atoms with Crippen molar-refractivity contribution in [1.82, 2.24) is 14.3 Å². The van der Waals surface area contributed by atoms with Crippen LogP contribution in [-0.2, 0) is 0 Å². The Bertz CT molecular complexity index is 627. The first-order valence-electron chi connectivity index (χ1n) is 6.80. The van der Waals surface area contributed by atoms with Gasteiger partial charge in [0.1, 0.15) is 11.3 Å². The van der Waals surface area contributed by atoms with Crippen molar-refractivity contribution in [2.45, 2.75) is 32.7 Å². The summed E-state index contributed by atoms with van der Waals surface area (Å²) >= 11 is 0. The lowest BCUT2D eigenvalue weighted by molar-refractivity contribution is 0.0722. The van der Waals surface area contributed by atoms with E-state index < -0.39 is 0 Å². The Morgan fingerprint density at radius 1 is 1.47 bits per heavy atom. The first-order chi connectivity index (χ1) is 9.08. The average molecular weight is 257 g/mol. The van der Waals surface area contributed by atoms with Crippen molar-refractivity contribution < 1.29 is 4.79 Å². The van der Waals surface area contributed by atoms with Crippen LogP contribution in [0.1, 0.15) is 35.9 Å². The molecule has 4 nitrogen and oxygen atoms in total. The predicted octanol–water partition coefficient (Wildman–Crippen LogP) is 2.51. The van der Waals surface area contributed by atoms with Crippen LogP contribution in [0.25, 0.3) is 5.65 Å². The number of fused-ring (bicyclic) bond motifs is 1. The van der Waals surface area contributed by atoms with Gasteiger partial charge in [0.2, 0.25) is 0 Å². The highest BCUT2D eigenvalue weighted by Gasteiger charge is 2.33. The van der Waals surface area contributed by atoms with Gasteiger partial charge in [-0.1, -0.05) is 6.07 Å². The number of amides is 1. The number of aromatic nitrogens is 2. The second-order valence-electron chi connectivity index (χ2n) is 5.52. The Morgan fingerprint density at radius 2 is 2.21 bits per heavy atom. The van der Waals surface area contributed by atoms with Crippen molar-refractivity contribution in [3.05, 3.63) is 35.8 Å². The highest BCUT2D eigenvalue weighted by molar-refractivity contribution is 5.93. The van der Waals surface area contributed by atoms with Gasteiger partial charge in [-0.05, 0) is 44.7 Å². The van der Waals surface area contributed by atoms with Gasteiger partial charge < -0.3 is 9.30 Å². The van der Waals surface area contributed by atoms with Crippen LogP contribution in [0.4, 0.5) is 0 Å². The van der Waals surface area contributed by atoms with Gasteiger partial charge in [-0.15, -0.1) is 0 Å². The zero-order chi connectivity index (χ0) is 13.6. The van der Waals surface area contributed by atoms with Gasteiger partial charge in [-0.3, -0.25) is 4.79 Å². The van der Waals surface area contributed by atoms with Crippen molar-refractivity contribution in [2.75, 3.05) is 7.05 Å². The molecule has 1 fully saturated rings. The van der Waals surface area contributed by atoms with Crippen LogP contribution >= 0.6 is 0 Å². The Kier molecular flexibility index (Phi) is 2.81. The lowest BCUT2D eigenvalue weighted by atomic mass is 10.2. The summed E-state index contributed by atoms with van der Waals surface area (Å²) < 4.78 is 1.96. The van der Waals surface area contributed by atoms with Crippen LogP contribution in [-0.4, -0.2) is 33.3 Å². The minimum Gasteiger partial charge on any atom is -0.337 e. The van der Waals surface area contributed by atoms with E-state index >= 15 is 0 Å². The summed E-state index contributed by atoms with van der Waals surface area (Å²) in [4.78, 5) is 18.7. The number of rotatable bonds is 3. The molecule has 1 unspecified atom stereocenters. The minimum absolute atomic E-state index is 0.0162. The van der Waals surface area contributed by atoms with E-state index in [9.17, 15) is 4.79 Å². The lowest BCUT2D eigenvalue weighted by Gasteiger charge is -2.23. The normalized spacial score (nSPS) is 16.6. The topological polar surface area (TPSA) is 37.6 Å². The van der Waals surface area contributed by atoms with Crippen molar-refractivity contribution in [3.8, 4) is 0 Å². The third-order valence-electron chi connectivity index (χ3n) is 4.15. The molecule has 1 aliphatic rings. The molecule has 0 bridgehead atoms. The van der Waals surface area contributed by atoms with Crippen LogP contribution in [0, 0.1) is 12.8 Å². The first-order valence-corrected chi connectivity index (χ1v) is 6.80. The molecule has 1 atom stereocenters. The van der Waals surface area contributed by atoms with E-state index in [2.05, 4.69) is 11.9 Å². The fraction of sp³-hybridized carbons (Fsp3) is 0.467. The van der Waals surface area contributed by atoms with Crippen molar-refractivity contribution in [2.24, 2.45) is 5.92 Å². The molecule has 0 N–H and O–H groups in total. The molecule has 0 spiro atoms. The van der Waals surface area contributed by atoms with E-state index in [1.807, 2.05) is 47.7 Å². The Hall–Kier alpha value is -1.84. The number of carbonyl (C=O) groups excluding carboxylic acids is 1. The van der Waals surface area contributed by atoms with Crippen LogP contribution in [0.15, 0.2) is 24.4 Å². The van der Waals surface area contributed by atoms with E-state index in [0.717, 1.165) is 11.3 Å². The quantitative estimate of drug-likeness (QED) is 0.847. The average Bonchev–Trinajstić information content (AvgIpc) is 3.15. The molecule has 100 valence electrons. The Labute approximate surface area is 113 Å². The second-order valence-corrected chi connectivity index (χ2v) is 5.52. The van der Waals surface area contributed by atoms with Gasteiger partial charge in [-0.25, -0.2) is 4.98 Å². The molecule has 1 aliphatic carbocycles. The summed E-state index contributed by atoms with van der Waals surface area (Å²) in [6.45, 7) is 4.14. The summed E-state index contributed by atoms with van der Waals surface area (Å²) in [5, 5.41) is 0. The summed E-state index contributed by atoms with van der Waals surface area (Å²) in [5.74, 6) is 0.690. The summed E-state index contributed by atoms with van der Waals surface area (Å²) in [7, 11) is 1.88. The smallest absolute Gasteiger partial charge is 0.274 e. The zero-order valence-electron chi connectivity index (χ0n) is 11.6. The molecule has 2 heterocycles. The molecule has 2 aromatic heterocycles. The maximum atomic E-state index is 12.4. The van der Waals surface area contributed by atoms with Crippen LogP contribution in [0.5, 0.6) is 0 Å². The molecule has 1 amide bonds. The summed E-state index contributed by atoms with van der Waals surface area (Å²) in [5.41, 5.74) is 2.45. The van der Waals surface area contributed by atoms with Gasteiger partial charge in [-0.2, -0.15) is 0 Å². The third kappa shape index (κ3) is 2.11. The molecular weight excluding hydrogens is 238 g/mol. The van der Waals surface area contributed by atoms with Gasteiger partial charge in [0.25, 0.3) is 5.91 Å². The number of hydrogen-bond donors (Lipinski definition) is 0. The third-order valence-corrected chi connectivity index (χ3v) is 4.15. The van der Waals surface area contributed by atoms with E-state index in [1.54, 1.807) is 0 Å². The fourth-order valence-electron chi connectivity index (χ4n) is 2.51.